The third kappa shape index (κ3) is 4.28. The third-order valence-corrected chi connectivity index (χ3v) is 5.69. The molecule has 3 rings (SSSR count). The Balaban J connectivity index is 1.77. The van der Waals surface area contributed by atoms with Gasteiger partial charge in [0.05, 0.1) is 17.2 Å². The summed E-state index contributed by atoms with van der Waals surface area (Å²) in [7, 11) is 1.72. The van der Waals surface area contributed by atoms with E-state index in [0.29, 0.717) is 11.5 Å². The van der Waals surface area contributed by atoms with Crippen molar-refractivity contribution in [3.63, 3.8) is 0 Å². The van der Waals surface area contributed by atoms with Crippen LogP contribution in [-0.2, 0) is 4.74 Å². The second kappa shape index (κ2) is 8.80. The highest BCUT2D eigenvalue weighted by atomic mass is 32.1. The third-order valence-electron chi connectivity index (χ3n) is 4.63. The van der Waals surface area contributed by atoms with E-state index in [2.05, 4.69) is 40.9 Å². The van der Waals surface area contributed by atoms with Gasteiger partial charge in [-0.3, -0.25) is 14.8 Å². The van der Waals surface area contributed by atoms with Crippen LogP contribution in [-0.4, -0.2) is 23.8 Å². The summed E-state index contributed by atoms with van der Waals surface area (Å²) in [5.74, 6) is 0.594. The fourth-order valence-electron chi connectivity index (χ4n) is 3.14. The van der Waals surface area contributed by atoms with Gasteiger partial charge in [0.25, 0.3) is 5.91 Å². The minimum atomic E-state index is -0.125. The van der Waals surface area contributed by atoms with Crippen molar-refractivity contribution in [3.8, 4) is 0 Å². The van der Waals surface area contributed by atoms with Crippen molar-refractivity contribution < 1.29 is 9.53 Å². The monoisotopic (exact) mass is 393 g/mol. The van der Waals surface area contributed by atoms with Crippen LogP contribution in [0.3, 0.4) is 0 Å². The van der Waals surface area contributed by atoms with E-state index < -0.39 is 0 Å². The molecule has 0 spiro atoms. The van der Waals surface area contributed by atoms with Crippen molar-refractivity contribution in [1.82, 2.24) is 4.98 Å². The quantitative estimate of drug-likeness (QED) is 0.429. The summed E-state index contributed by atoms with van der Waals surface area (Å²) in [5.41, 5.74) is 3.91. The molecule has 1 aliphatic carbocycles. The van der Waals surface area contributed by atoms with Crippen molar-refractivity contribution >= 4 is 33.7 Å². The molecule has 0 bridgehead atoms. The number of ether oxygens (including phenoxy) is 1. The number of pyridine rings is 1. The van der Waals surface area contributed by atoms with Gasteiger partial charge in [-0.25, -0.2) is 0 Å². The molecule has 1 unspecified atom stereocenters. The Morgan fingerprint density at radius 1 is 1.39 bits per heavy atom. The summed E-state index contributed by atoms with van der Waals surface area (Å²) in [6.07, 6.45) is 9.71. The van der Waals surface area contributed by atoms with Gasteiger partial charge in [0.2, 0.25) is 0 Å². The largest absolute Gasteiger partial charge is 0.451 e. The summed E-state index contributed by atoms with van der Waals surface area (Å²) in [6.45, 7) is 7.59. The number of thiophene rings is 1. The Hall–Kier alpha value is -2.99. The Bertz CT molecular complexity index is 985. The number of hydrogen-bond donors (Lipinski definition) is 1. The van der Waals surface area contributed by atoms with Gasteiger partial charge in [-0.05, 0) is 55.2 Å². The van der Waals surface area contributed by atoms with Gasteiger partial charge < -0.3 is 10.1 Å². The first-order chi connectivity index (χ1) is 13.5. The number of aryl methyl sites for hydroxylation is 1. The summed E-state index contributed by atoms with van der Waals surface area (Å²) < 4.78 is 5.45. The van der Waals surface area contributed by atoms with Crippen molar-refractivity contribution in [2.75, 3.05) is 12.4 Å². The number of carbonyl (C=O) groups excluding carboxylic acids is 1. The van der Waals surface area contributed by atoms with E-state index in [0.717, 1.165) is 21.9 Å². The van der Waals surface area contributed by atoms with Gasteiger partial charge >= 0.3 is 0 Å². The lowest BCUT2D eigenvalue weighted by atomic mass is 9.89. The molecule has 0 saturated heterocycles. The van der Waals surface area contributed by atoms with Crippen molar-refractivity contribution in [1.29, 1.82) is 0 Å². The number of aliphatic imine (C=N–C) groups is 1. The van der Waals surface area contributed by atoms with Crippen molar-refractivity contribution in [2.45, 2.75) is 20.3 Å². The fourth-order valence-corrected chi connectivity index (χ4v) is 4.16. The average molecular weight is 394 g/mol. The number of carbonyl (C=O) groups is 1. The van der Waals surface area contributed by atoms with Crippen LogP contribution < -0.4 is 5.32 Å². The van der Waals surface area contributed by atoms with Crippen LogP contribution in [0.25, 0.3) is 5.57 Å². The van der Waals surface area contributed by atoms with Crippen LogP contribution in [0.5, 0.6) is 0 Å². The highest BCUT2D eigenvalue weighted by Gasteiger charge is 2.22. The van der Waals surface area contributed by atoms with E-state index in [1.807, 2.05) is 19.1 Å². The number of nitrogens with one attached hydrogen (secondary N) is 1. The molecule has 0 aromatic carbocycles. The van der Waals surface area contributed by atoms with Gasteiger partial charge in [0.15, 0.2) is 5.90 Å². The predicted molar refractivity (Wildman–Crippen MR) is 116 cm³/mol. The molecule has 1 atom stereocenters. The molecule has 0 aliphatic heterocycles. The van der Waals surface area contributed by atoms with Crippen LogP contribution >= 0.6 is 11.3 Å². The molecule has 144 valence electrons. The SMILES string of the molecule is C=CO/C(=N\C)C1C=CC(C)=C(c2ccc(NC(=O)c3ccncc3C)s2)C1. The van der Waals surface area contributed by atoms with Crippen LogP contribution in [0.2, 0.25) is 0 Å². The number of allylic oxidation sites excluding steroid dienone is 3. The maximum absolute atomic E-state index is 12.5. The van der Waals surface area contributed by atoms with Crippen LogP contribution in [0.15, 0.2) is 66.2 Å². The Labute approximate surface area is 169 Å². The van der Waals surface area contributed by atoms with E-state index in [1.54, 1.807) is 36.8 Å². The Morgan fingerprint density at radius 3 is 2.93 bits per heavy atom. The van der Waals surface area contributed by atoms with Gasteiger partial charge in [-0.2, -0.15) is 0 Å². The molecule has 5 nitrogen and oxygen atoms in total. The maximum atomic E-state index is 12.5. The van der Waals surface area contributed by atoms with E-state index in [9.17, 15) is 4.79 Å². The lowest BCUT2D eigenvalue weighted by Gasteiger charge is -2.21. The predicted octanol–water partition coefficient (Wildman–Crippen LogP) is 5.24. The van der Waals surface area contributed by atoms with E-state index in [4.69, 9.17) is 4.74 Å². The second-order valence-electron chi connectivity index (χ2n) is 6.49. The maximum Gasteiger partial charge on any atom is 0.256 e. The summed E-state index contributed by atoms with van der Waals surface area (Å²) in [5, 5.41) is 3.80. The molecular formula is C22H23N3O2S. The molecule has 1 amide bonds. The minimum Gasteiger partial charge on any atom is -0.451 e. The molecule has 0 radical (unpaired) electrons. The first-order valence-corrected chi connectivity index (χ1v) is 9.79. The average Bonchev–Trinajstić information content (AvgIpc) is 3.15. The standard InChI is InChI=1S/C22H23N3O2S/c1-5-27-22(23-4)16-7-6-14(2)18(12-16)19-8-9-20(28-19)25-21(26)17-10-11-24-13-15(17)3/h5-11,13,16H,1,12H2,2-4H3,(H,25,26)/b23-22-. The van der Waals surface area contributed by atoms with E-state index >= 15 is 0 Å². The number of nitrogens with zero attached hydrogens (tertiary/aromatic N) is 2. The molecule has 1 N–H and O–H groups in total. The molecular weight excluding hydrogens is 370 g/mol. The zero-order chi connectivity index (χ0) is 20.1. The van der Waals surface area contributed by atoms with E-state index in [1.165, 1.54) is 17.4 Å². The number of anilines is 1. The highest BCUT2D eigenvalue weighted by molar-refractivity contribution is 7.17. The molecule has 2 aromatic rings. The molecule has 0 saturated carbocycles. The number of rotatable bonds is 5. The van der Waals surface area contributed by atoms with E-state index in [-0.39, 0.29) is 11.8 Å². The lowest BCUT2D eigenvalue weighted by Crippen LogP contribution is -2.16. The zero-order valence-corrected chi connectivity index (χ0v) is 17.0. The highest BCUT2D eigenvalue weighted by Crippen LogP contribution is 2.37. The van der Waals surface area contributed by atoms with Gasteiger partial charge in [0, 0.05) is 29.9 Å². The molecule has 2 aromatic heterocycles. The Morgan fingerprint density at radius 2 is 2.21 bits per heavy atom. The first kappa shape index (κ1) is 19.8. The van der Waals surface area contributed by atoms with Crippen LogP contribution in [0, 0.1) is 12.8 Å². The van der Waals surface area contributed by atoms with Gasteiger partial charge in [-0.1, -0.05) is 18.7 Å². The molecule has 6 heteroatoms. The normalized spacial score (nSPS) is 16.8. The smallest absolute Gasteiger partial charge is 0.256 e. The summed E-state index contributed by atoms with van der Waals surface area (Å²) in [6, 6.07) is 5.72. The zero-order valence-electron chi connectivity index (χ0n) is 16.2. The van der Waals surface area contributed by atoms with Crippen molar-refractivity contribution in [2.24, 2.45) is 10.9 Å². The van der Waals surface area contributed by atoms with Crippen LogP contribution in [0.1, 0.15) is 34.1 Å². The van der Waals surface area contributed by atoms with Crippen molar-refractivity contribution in [3.05, 3.63) is 77.2 Å². The lowest BCUT2D eigenvalue weighted by molar-refractivity contribution is 0.102. The molecule has 28 heavy (non-hydrogen) atoms. The number of amides is 1. The molecule has 1 aliphatic rings. The topological polar surface area (TPSA) is 63.6 Å². The van der Waals surface area contributed by atoms with Gasteiger partial charge in [0.1, 0.15) is 0 Å². The second-order valence-corrected chi connectivity index (χ2v) is 7.57. The minimum absolute atomic E-state index is 0.0707. The fraction of sp³-hybridized carbons (Fsp3) is 0.227. The number of aromatic nitrogens is 1. The summed E-state index contributed by atoms with van der Waals surface area (Å²) >= 11 is 1.57. The van der Waals surface area contributed by atoms with Gasteiger partial charge in [-0.15, -0.1) is 11.3 Å². The molecule has 2 heterocycles. The first-order valence-electron chi connectivity index (χ1n) is 8.97. The molecule has 0 fully saturated rings. The summed E-state index contributed by atoms with van der Waals surface area (Å²) in [4.78, 5) is 21.9. The Kier molecular flexibility index (Phi) is 6.21. The van der Waals surface area contributed by atoms with Crippen LogP contribution in [0.4, 0.5) is 5.00 Å². The number of hydrogen-bond acceptors (Lipinski definition) is 5.